The third kappa shape index (κ3) is 9.54. The van der Waals surface area contributed by atoms with Crippen LogP contribution in [0.5, 0.6) is 0 Å². The first-order valence-electron chi connectivity index (χ1n) is 10.7. The Morgan fingerprint density at radius 3 is 2.41 bits per heavy atom. The molecule has 2 aromatic heterocycles. The van der Waals surface area contributed by atoms with Crippen molar-refractivity contribution in [3.63, 3.8) is 0 Å². The fraction of sp³-hybridized carbons (Fsp3) is 0.200. The number of azide groups is 1. The number of carbonyl (C=O) groups excluding carboxylic acids is 2. The quantitative estimate of drug-likeness (QED) is 0.0716. The van der Waals surface area contributed by atoms with E-state index in [-0.39, 0.29) is 42.1 Å². The number of anilines is 2. The van der Waals surface area contributed by atoms with E-state index in [1.54, 1.807) is 17.6 Å². The van der Waals surface area contributed by atoms with Crippen molar-refractivity contribution in [1.29, 1.82) is 0 Å². The van der Waals surface area contributed by atoms with Crippen LogP contribution in [-0.4, -0.2) is 60.1 Å². The second-order valence-electron chi connectivity index (χ2n) is 7.38. The Morgan fingerprint density at radius 2 is 1.85 bits per heavy atom. The van der Waals surface area contributed by atoms with E-state index < -0.39 is 35.5 Å². The van der Waals surface area contributed by atoms with E-state index in [1.165, 1.54) is 18.3 Å². The summed E-state index contributed by atoms with van der Waals surface area (Å²) in [7, 11) is 0. The summed E-state index contributed by atoms with van der Waals surface area (Å²) in [5.41, 5.74) is 20.1. The zero-order valence-corrected chi connectivity index (χ0v) is 19.9. The molecule has 19 heteroatoms. The zero-order valence-electron chi connectivity index (χ0n) is 19.9. The Bertz CT molecular complexity index is 1470. The Hall–Kier alpha value is -5.97. The molecule has 0 bridgehead atoms. The molecule has 3 aromatic rings. The molecule has 0 saturated heterocycles. The molecule has 3 amide bonds. The second kappa shape index (κ2) is 13.9. The summed E-state index contributed by atoms with van der Waals surface area (Å²) in [5, 5.41) is 25.8. The van der Waals surface area contributed by atoms with Gasteiger partial charge < -0.3 is 32.3 Å². The van der Waals surface area contributed by atoms with Crippen LogP contribution in [0.4, 0.5) is 16.4 Å². The molecule has 2 heterocycles. The first kappa shape index (κ1) is 29.3. The number of carboxylic acids is 2. The van der Waals surface area contributed by atoms with Crippen molar-refractivity contribution in [2.75, 3.05) is 11.1 Å². The van der Waals surface area contributed by atoms with Gasteiger partial charge in [-0.05, 0) is 35.9 Å². The van der Waals surface area contributed by atoms with Gasteiger partial charge in [0.1, 0.15) is 6.04 Å². The fourth-order valence-corrected chi connectivity index (χ4v) is 2.83. The maximum atomic E-state index is 12.3. The lowest BCUT2D eigenvalue weighted by Crippen LogP contribution is -2.41. The zero-order chi connectivity index (χ0) is 28.9. The molecular weight excluding hydrogens is 520 g/mol. The number of rotatable bonds is 10. The van der Waals surface area contributed by atoms with Gasteiger partial charge >= 0.3 is 18.0 Å². The van der Waals surface area contributed by atoms with Gasteiger partial charge in [0, 0.05) is 17.7 Å². The smallest absolute Gasteiger partial charge is 0.407 e. The van der Waals surface area contributed by atoms with Gasteiger partial charge in [0.15, 0.2) is 11.2 Å². The highest BCUT2D eigenvalue weighted by Crippen LogP contribution is 2.12. The van der Waals surface area contributed by atoms with E-state index in [0.29, 0.717) is 11.4 Å². The van der Waals surface area contributed by atoms with E-state index in [0.717, 1.165) is 0 Å². The van der Waals surface area contributed by atoms with Gasteiger partial charge in [-0.3, -0.25) is 19.4 Å². The lowest BCUT2D eigenvalue weighted by Gasteiger charge is -2.14. The number of hydrogen-bond acceptors (Lipinski definition) is 11. The van der Waals surface area contributed by atoms with Crippen LogP contribution in [0.1, 0.15) is 28.9 Å². The Balaban J connectivity index is 0.000000673. The van der Waals surface area contributed by atoms with Crippen LogP contribution < -0.4 is 33.1 Å². The largest absolute Gasteiger partial charge is 0.481 e. The van der Waals surface area contributed by atoms with Crippen molar-refractivity contribution in [3.8, 4) is 0 Å². The molecule has 1 atom stereocenters. The van der Waals surface area contributed by atoms with Gasteiger partial charge in [-0.15, -0.1) is 5.53 Å². The average Bonchev–Trinajstić information content (AvgIpc) is 2.89. The standard InChI is InChI=1S/C19H19N7O6.CH3N5O/c20-19-25-15-14(17(30)26-19)23-11(8-22-15)7-21-10-3-1-9(2-4-10)16(29)24-12(18(31)32)5-6-13(27)28;2-1(7)4-6-5-3/h1-4,8,12,21H,5-7H2,(H,24,29)(H,27,28)(H,31,32)(H3,20,22,25,26,30);(H3,2,4,7). The van der Waals surface area contributed by atoms with Crippen LogP contribution in [0, 0.1) is 0 Å². The monoisotopic (exact) mass is 542 g/mol. The number of primary amides is 1. The number of fused-ring (bicyclic) bond motifs is 1. The van der Waals surface area contributed by atoms with E-state index in [1.807, 2.05) is 0 Å². The minimum absolute atomic E-state index is 0.0524. The molecule has 3 rings (SSSR count). The number of carboxylic acid groups (broad SMARTS) is 2. The highest BCUT2D eigenvalue weighted by Gasteiger charge is 2.21. The van der Waals surface area contributed by atoms with Crippen LogP contribution in [0.15, 0.2) is 40.5 Å². The average molecular weight is 542 g/mol. The summed E-state index contributed by atoms with van der Waals surface area (Å²) in [6, 6.07) is 4.00. The molecule has 1 aromatic carbocycles. The minimum Gasteiger partial charge on any atom is -0.481 e. The lowest BCUT2D eigenvalue weighted by atomic mass is 10.1. The molecule has 0 saturated carbocycles. The predicted molar refractivity (Wildman–Crippen MR) is 134 cm³/mol. The number of nitrogens with one attached hydrogen (secondary N) is 4. The number of nitrogen functional groups attached to an aromatic ring is 1. The molecule has 0 fully saturated rings. The Morgan fingerprint density at radius 1 is 1.15 bits per heavy atom. The second-order valence-corrected chi connectivity index (χ2v) is 7.38. The number of carbonyl (C=O) groups is 4. The van der Waals surface area contributed by atoms with Crippen LogP contribution in [0.2, 0.25) is 0 Å². The van der Waals surface area contributed by atoms with Gasteiger partial charge in [0.25, 0.3) is 11.5 Å². The number of amides is 3. The van der Waals surface area contributed by atoms with Crippen molar-refractivity contribution in [2.24, 2.45) is 11.0 Å². The summed E-state index contributed by atoms with van der Waals surface area (Å²) in [4.78, 5) is 72.3. The normalized spacial score (nSPS) is 10.7. The van der Waals surface area contributed by atoms with Crippen molar-refractivity contribution in [3.05, 3.63) is 62.5 Å². The van der Waals surface area contributed by atoms with Crippen LogP contribution in [-0.2, 0) is 16.1 Å². The van der Waals surface area contributed by atoms with Gasteiger partial charge in [-0.1, -0.05) is 0 Å². The molecule has 204 valence electrons. The van der Waals surface area contributed by atoms with Gasteiger partial charge in [0.05, 0.1) is 18.4 Å². The number of nitrogens with two attached hydrogens (primary N) is 2. The molecule has 0 aliphatic carbocycles. The third-order valence-corrected chi connectivity index (χ3v) is 4.56. The third-order valence-electron chi connectivity index (χ3n) is 4.56. The maximum Gasteiger partial charge on any atom is 0.407 e. The number of urea groups is 1. The van der Waals surface area contributed by atoms with Crippen LogP contribution >= 0.6 is 0 Å². The topological polar surface area (TPSA) is 317 Å². The van der Waals surface area contributed by atoms with Gasteiger partial charge in [-0.25, -0.2) is 19.6 Å². The minimum atomic E-state index is -1.31. The summed E-state index contributed by atoms with van der Waals surface area (Å²) < 4.78 is 0. The number of aromatic amines is 1. The number of aromatic nitrogens is 4. The Kier molecular flexibility index (Phi) is 10.5. The predicted octanol–water partition coefficient (Wildman–Crippen LogP) is -0.165. The summed E-state index contributed by atoms with van der Waals surface area (Å²) >= 11 is 0. The molecule has 10 N–H and O–H groups in total. The van der Waals surface area contributed by atoms with E-state index in [4.69, 9.17) is 21.5 Å². The highest BCUT2D eigenvalue weighted by atomic mass is 16.4. The lowest BCUT2D eigenvalue weighted by molar-refractivity contribution is -0.140. The van der Waals surface area contributed by atoms with E-state index in [2.05, 4.69) is 46.4 Å². The van der Waals surface area contributed by atoms with Crippen molar-refractivity contribution < 1.29 is 29.4 Å². The van der Waals surface area contributed by atoms with E-state index in [9.17, 15) is 24.0 Å². The molecule has 39 heavy (non-hydrogen) atoms. The first-order chi connectivity index (χ1) is 18.5. The SMILES string of the molecule is Nc1nc2ncc(CNc3ccc(C(=O)NC(CCC(=O)O)C(=O)O)cc3)nc2c(=O)[nH]1.[N-]=[N+]=NNC(N)=O. The fourth-order valence-electron chi connectivity index (χ4n) is 2.83. The summed E-state index contributed by atoms with van der Waals surface area (Å²) in [5.74, 6) is -3.16. The molecule has 1 unspecified atom stereocenters. The van der Waals surface area contributed by atoms with Crippen molar-refractivity contribution >= 4 is 46.7 Å². The molecular formula is C20H22N12O7. The number of benzene rings is 1. The van der Waals surface area contributed by atoms with Gasteiger partial charge in [-0.2, -0.15) is 15.3 Å². The maximum absolute atomic E-state index is 12.3. The van der Waals surface area contributed by atoms with E-state index >= 15 is 0 Å². The number of nitrogens with zero attached hydrogens (tertiary/aromatic N) is 6. The molecule has 0 radical (unpaired) electrons. The van der Waals surface area contributed by atoms with Gasteiger partial charge in [0.2, 0.25) is 5.95 Å². The number of hydrogen-bond donors (Lipinski definition) is 8. The number of H-pyrrole nitrogens is 1. The molecule has 0 aliphatic rings. The van der Waals surface area contributed by atoms with Crippen LogP contribution in [0.3, 0.4) is 0 Å². The van der Waals surface area contributed by atoms with Crippen LogP contribution in [0.25, 0.3) is 21.6 Å². The number of aliphatic carboxylic acids is 2. The molecule has 0 aliphatic heterocycles. The van der Waals surface area contributed by atoms with Crippen molar-refractivity contribution in [1.82, 2.24) is 30.7 Å². The summed E-state index contributed by atoms with van der Waals surface area (Å²) in [6.07, 6.45) is 0.840. The molecule has 0 spiro atoms. The molecule has 19 nitrogen and oxygen atoms in total. The van der Waals surface area contributed by atoms with Crippen molar-refractivity contribution in [2.45, 2.75) is 25.4 Å². The highest BCUT2D eigenvalue weighted by molar-refractivity contribution is 5.97. The Labute approximate surface area is 217 Å². The first-order valence-corrected chi connectivity index (χ1v) is 10.7. The summed E-state index contributed by atoms with van der Waals surface area (Å²) in [6.45, 7) is 0.231.